The number of nitrogens with zero attached hydrogens (tertiary/aromatic N) is 2. The van der Waals surface area contributed by atoms with Crippen LogP contribution < -0.4 is 10.5 Å². The number of hydrogen-bond acceptors (Lipinski definition) is 3. The first-order valence-electron chi connectivity index (χ1n) is 5.89. The molecule has 94 valence electrons. The van der Waals surface area contributed by atoms with E-state index in [-0.39, 0.29) is 0 Å². The predicted molar refractivity (Wildman–Crippen MR) is 74.4 cm³/mol. The van der Waals surface area contributed by atoms with Gasteiger partial charge in [0.25, 0.3) is 0 Å². The Hall–Kier alpha value is -1.49. The van der Waals surface area contributed by atoms with E-state index in [1.54, 1.807) is 4.68 Å². The number of aromatic nitrogens is 2. The number of nitrogen functional groups attached to an aromatic ring is 1. The number of hydrogen-bond donors (Lipinski definition) is 1. The van der Waals surface area contributed by atoms with Crippen LogP contribution in [-0.2, 0) is 7.05 Å². The molecule has 1 saturated carbocycles. The molecule has 0 spiro atoms. The highest BCUT2D eigenvalue weighted by Gasteiger charge is 2.24. The Labute approximate surface area is 114 Å². The zero-order valence-corrected chi connectivity index (χ0v) is 11.6. The van der Waals surface area contributed by atoms with Gasteiger partial charge >= 0.3 is 0 Å². The fourth-order valence-electron chi connectivity index (χ4n) is 1.74. The van der Waals surface area contributed by atoms with Crippen LogP contribution in [0.4, 0.5) is 5.82 Å². The minimum Gasteiger partial charge on any atom is -0.489 e. The third-order valence-electron chi connectivity index (χ3n) is 2.96. The summed E-state index contributed by atoms with van der Waals surface area (Å²) in [4.78, 5) is 0. The van der Waals surface area contributed by atoms with E-state index in [1.165, 1.54) is 0 Å². The van der Waals surface area contributed by atoms with Gasteiger partial charge in [-0.3, -0.25) is 4.68 Å². The summed E-state index contributed by atoms with van der Waals surface area (Å²) in [6.45, 7) is 0. The molecule has 2 N–H and O–H groups in total. The van der Waals surface area contributed by atoms with Gasteiger partial charge in [-0.1, -0.05) is 0 Å². The minimum absolute atomic E-state index is 0.401. The summed E-state index contributed by atoms with van der Waals surface area (Å²) in [7, 11) is 1.83. The molecule has 18 heavy (non-hydrogen) atoms. The molecule has 1 heterocycles. The molecule has 1 aliphatic rings. The summed E-state index contributed by atoms with van der Waals surface area (Å²) in [6, 6.07) is 7.86. The van der Waals surface area contributed by atoms with Gasteiger partial charge in [0.05, 0.1) is 16.3 Å². The van der Waals surface area contributed by atoms with E-state index in [0.29, 0.717) is 11.9 Å². The first-order chi connectivity index (χ1) is 8.63. The normalized spacial score (nSPS) is 14.8. The highest BCUT2D eigenvalue weighted by atomic mass is 79.9. The zero-order chi connectivity index (χ0) is 12.7. The molecule has 0 amide bonds. The van der Waals surface area contributed by atoms with Gasteiger partial charge in [0, 0.05) is 18.7 Å². The smallest absolute Gasteiger partial charge is 0.133 e. The van der Waals surface area contributed by atoms with Crippen molar-refractivity contribution in [2.45, 2.75) is 18.9 Å². The number of ether oxygens (including phenoxy) is 1. The summed E-state index contributed by atoms with van der Waals surface area (Å²) in [6.07, 6.45) is 2.72. The molecule has 1 aromatic carbocycles. The number of aryl methyl sites for hydroxylation is 1. The maximum atomic E-state index is 5.78. The van der Waals surface area contributed by atoms with E-state index >= 15 is 0 Å². The lowest BCUT2D eigenvalue weighted by atomic mass is 10.1. The average Bonchev–Trinajstić information content (AvgIpc) is 3.08. The third kappa shape index (κ3) is 2.22. The number of halogens is 1. The Morgan fingerprint density at radius 1 is 1.39 bits per heavy atom. The van der Waals surface area contributed by atoms with Crippen LogP contribution in [0.2, 0.25) is 0 Å². The number of nitrogens with two attached hydrogens (primary N) is 1. The first-order valence-corrected chi connectivity index (χ1v) is 6.69. The van der Waals surface area contributed by atoms with Crippen LogP contribution in [0.25, 0.3) is 11.3 Å². The van der Waals surface area contributed by atoms with Crippen molar-refractivity contribution in [2.24, 2.45) is 7.05 Å². The second kappa shape index (κ2) is 4.31. The molecule has 0 atom stereocenters. The van der Waals surface area contributed by atoms with E-state index in [0.717, 1.165) is 34.3 Å². The van der Waals surface area contributed by atoms with Gasteiger partial charge in [0.2, 0.25) is 0 Å². The summed E-state index contributed by atoms with van der Waals surface area (Å²) in [5.41, 5.74) is 7.68. The molecule has 1 aliphatic carbocycles. The van der Waals surface area contributed by atoms with Crippen LogP contribution >= 0.6 is 15.9 Å². The maximum Gasteiger partial charge on any atom is 0.133 e. The molecular formula is C13H14BrN3O. The van der Waals surface area contributed by atoms with Crippen molar-refractivity contribution >= 4 is 21.7 Å². The van der Waals surface area contributed by atoms with E-state index in [2.05, 4.69) is 21.0 Å². The van der Waals surface area contributed by atoms with Gasteiger partial charge in [0.1, 0.15) is 11.6 Å². The van der Waals surface area contributed by atoms with Gasteiger partial charge in [-0.25, -0.2) is 0 Å². The molecule has 4 nitrogen and oxygen atoms in total. The quantitative estimate of drug-likeness (QED) is 0.948. The number of benzene rings is 1. The van der Waals surface area contributed by atoms with Crippen LogP contribution in [-0.4, -0.2) is 15.9 Å². The highest BCUT2D eigenvalue weighted by molar-refractivity contribution is 9.10. The number of rotatable bonds is 3. The molecular weight excluding hydrogens is 294 g/mol. The summed E-state index contributed by atoms with van der Waals surface area (Å²) in [5, 5.41) is 4.35. The van der Waals surface area contributed by atoms with Gasteiger partial charge < -0.3 is 10.5 Å². The first kappa shape index (κ1) is 11.6. The second-order valence-electron chi connectivity index (χ2n) is 4.54. The van der Waals surface area contributed by atoms with Crippen LogP contribution in [0, 0.1) is 0 Å². The van der Waals surface area contributed by atoms with Crippen molar-refractivity contribution in [1.82, 2.24) is 9.78 Å². The topological polar surface area (TPSA) is 53.1 Å². The molecule has 1 fully saturated rings. The molecule has 0 bridgehead atoms. The summed E-state index contributed by atoms with van der Waals surface area (Å²) >= 11 is 3.54. The van der Waals surface area contributed by atoms with E-state index in [1.807, 2.05) is 31.3 Å². The number of anilines is 1. The van der Waals surface area contributed by atoms with Crippen molar-refractivity contribution in [3.8, 4) is 17.0 Å². The van der Waals surface area contributed by atoms with E-state index < -0.39 is 0 Å². The standard InChI is InChI=1S/C13H14BrN3O/c1-17-13(15)7-11(16-17)8-2-5-12(10(14)6-8)18-9-3-4-9/h2,5-7,9H,3-4,15H2,1H3. The lowest BCUT2D eigenvalue weighted by Crippen LogP contribution is -1.97. The highest BCUT2D eigenvalue weighted by Crippen LogP contribution is 2.34. The van der Waals surface area contributed by atoms with Crippen molar-refractivity contribution < 1.29 is 4.74 Å². The monoisotopic (exact) mass is 307 g/mol. The molecule has 0 unspecified atom stereocenters. The molecule has 0 radical (unpaired) electrons. The summed E-state index contributed by atoms with van der Waals surface area (Å²) in [5.74, 6) is 1.55. The van der Waals surface area contributed by atoms with Crippen LogP contribution in [0.3, 0.4) is 0 Å². The summed E-state index contributed by atoms with van der Waals surface area (Å²) < 4.78 is 8.40. The van der Waals surface area contributed by atoms with Gasteiger partial charge in [-0.2, -0.15) is 5.10 Å². The molecule has 2 aromatic rings. The molecule has 0 saturated heterocycles. The van der Waals surface area contributed by atoms with Gasteiger partial charge in [0.15, 0.2) is 0 Å². The van der Waals surface area contributed by atoms with Crippen LogP contribution in [0.5, 0.6) is 5.75 Å². The molecule has 3 rings (SSSR count). The third-order valence-corrected chi connectivity index (χ3v) is 3.58. The van der Waals surface area contributed by atoms with Crippen molar-refractivity contribution in [3.63, 3.8) is 0 Å². The van der Waals surface area contributed by atoms with Crippen LogP contribution in [0.1, 0.15) is 12.8 Å². The molecule has 0 aliphatic heterocycles. The largest absolute Gasteiger partial charge is 0.489 e. The predicted octanol–water partition coefficient (Wildman–Crippen LogP) is 2.97. The Bertz CT molecular complexity index is 570. The Kier molecular flexibility index (Phi) is 2.78. The van der Waals surface area contributed by atoms with Crippen molar-refractivity contribution in [3.05, 3.63) is 28.7 Å². The van der Waals surface area contributed by atoms with Gasteiger partial charge in [-0.15, -0.1) is 0 Å². The fourth-order valence-corrected chi connectivity index (χ4v) is 2.22. The average molecular weight is 308 g/mol. The molecule has 1 aromatic heterocycles. The second-order valence-corrected chi connectivity index (χ2v) is 5.39. The van der Waals surface area contributed by atoms with Gasteiger partial charge in [-0.05, 0) is 47.0 Å². The Balaban J connectivity index is 1.90. The minimum atomic E-state index is 0.401. The lowest BCUT2D eigenvalue weighted by Gasteiger charge is -2.07. The maximum absolute atomic E-state index is 5.78. The van der Waals surface area contributed by atoms with Crippen molar-refractivity contribution in [2.75, 3.05) is 5.73 Å². The Morgan fingerprint density at radius 2 is 2.17 bits per heavy atom. The molecule has 5 heteroatoms. The SMILES string of the molecule is Cn1nc(-c2ccc(OC3CC3)c(Br)c2)cc1N. The van der Waals surface area contributed by atoms with Crippen molar-refractivity contribution in [1.29, 1.82) is 0 Å². The fraction of sp³-hybridized carbons (Fsp3) is 0.308. The lowest BCUT2D eigenvalue weighted by molar-refractivity contribution is 0.301. The van der Waals surface area contributed by atoms with E-state index in [4.69, 9.17) is 10.5 Å². The Morgan fingerprint density at radius 3 is 2.72 bits per heavy atom. The van der Waals surface area contributed by atoms with Crippen LogP contribution in [0.15, 0.2) is 28.7 Å². The zero-order valence-electron chi connectivity index (χ0n) is 10.1. The van der Waals surface area contributed by atoms with E-state index in [9.17, 15) is 0 Å².